The summed E-state index contributed by atoms with van der Waals surface area (Å²) >= 11 is 0.860. The lowest BCUT2D eigenvalue weighted by Gasteiger charge is -2.11. The van der Waals surface area contributed by atoms with Crippen LogP contribution < -0.4 is 5.32 Å². The average Bonchev–Trinajstić information content (AvgIpc) is 3.14. The summed E-state index contributed by atoms with van der Waals surface area (Å²) in [6.07, 6.45) is 0.791. The number of nitrogens with one attached hydrogen (secondary N) is 1. The number of thiophene rings is 1. The van der Waals surface area contributed by atoms with Gasteiger partial charge in [0.1, 0.15) is 22.2 Å². The van der Waals surface area contributed by atoms with Gasteiger partial charge in [-0.3, -0.25) is 4.79 Å². The Morgan fingerprint density at radius 2 is 1.78 bits per heavy atom. The fourth-order valence-electron chi connectivity index (χ4n) is 2.66. The first-order valence-electron chi connectivity index (χ1n) is 8.11. The van der Waals surface area contributed by atoms with Gasteiger partial charge in [-0.15, -0.1) is 11.3 Å². The fraction of sp³-hybridized carbons (Fsp3) is 0.100. The van der Waals surface area contributed by atoms with E-state index in [-0.39, 0.29) is 10.4 Å². The molecular weight excluding hydrogens is 372 g/mol. The van der Waals surface area contributed by atoms with E-state index in [1.807, 2.05) is 25.1 Å². The third kappa shape index (κ3) is 3.88. The maximum absolute atomic E-state index is 14.5. The van der Waals surface area contributed by atoms with Gasteiger partial charge >= 0.3 is 5.97 Å². The van der Waals surface area contributed by atoms with Gasteiger partial charge in [0, 0.05) is 0 Å². The highest BCUT2D eigenvalue weighted by molar-refractivity contribution is 7.12. The van der Waals surface area contributed by atoms with Crippen LogP contribution in [0.4, 0.5) is 14.5 Å². The zero-order valence-electron chi connectivity index (χ0n) is 14.3. The van der Waals surface area contributed by atoms with Gasteiger partial charge in [0.15, 0.2) is 0 Å². The van der Waals surface area contributed by atoms with E-state index in [4.69, 9.17) is 5.11 Å². The first-order chi connectivity index (χ1) is 12.9. The van der Waals surface area contributed by atoms with Crippen molar-refractivity contribution in [2.24, 2.45) is 0 Å². The van der Waals surface area contributed by atoms with Crippen LogP contribution in [0.25, 0.3) is 11.1 Å². The second kappa shape index (κ2) is 7.67. The van der Waals surface area contributed by atoms with Crippen LogP contribution in [0.3, 0.4) is 0 Å². The molecule has 3 aromatic rings. The largest absolute Gasteiger partial charge is 0.477 e. The molecule has 138 valence electrons. The monoisotopic (exact) mass is 387 g/mol. The fourth-order valence-corrected chi connectivity index (χ4v) is 3.39. The molecule has 27 heavy (non-hydrogen) atoms. The van der Waals surface area contributed by atoms with Crippen molar-refractivity contribution in [1.82, 2.24) is 0 Å². The van der Waals surface area contributed by atoms with Crippen LogP contribution in [0.5, 0.6) is 0 Å². The van der Waals surface area contributed by atoms with Crippen molar-refractivity contribution in [2.75, 3.05) is 5.32 Å². The van der Waals surface area contributed by atoms with E-state index >= 15 is 0 Å². The van der Waals surface area contributed by atoms with Crippen molar-refractivity contribution in [3.05, 3.63) is 75.5 Å². The zero-order chi connectivity index (χ0) is 19.6. The Bertz CT molecular complexity index is 1010. The number of aryl methyl sites for hydroxylation is 1. The van der Waals surface area contributed by atoms with Crippen molar-refractivity contribution in [1.29, 1.82) is 0 Å². The number of hydrogen-bond acceptors (Lipinski definition) is 3. The second-order valence-electron chi connectivity index (χ2n) is 5.79. The quantitative estimate of drug-likeness (QED) is 0.632. The first-order valence-corrected chi connectivity index (χ1v) is 8.99. The van der Waals surface area contributed by atoms with Crippen LogP contribution >= 0.6 is 11.3 Å². The lowest BCUT2D eigenvalue weighted by atomic mass is 10.0. The Balaban J connectivity index is 1.92. The van der Waals surface area contributed by atoms with Gasteiger partial charge in [0.2, 0.25) is 0 Å². The summed E-state index contributed by atoms with van der Waals surface area (Å²) in [4.78, 5) is 23.2. The van der Waals surface area contributed by atoms with Crippen molar-refractivity contribution in [3.8, 4) is 11.1 Å². The van der Waals surface area contributed by atoms with Gasteiger partial charge in [-0.05, 0) is 46.7 Å². The topological polar surface area (TPSA) is 66.4 Å². The van der Waals surface area contributed by atoms with Crippen molar-refractivity contribution in [3.63, 3.8) is 0 Å². The number of carboxylic acid groups (broad SMARTS) is 1. The molecule has 0 aliphatic carbocycles. The number of halogens is 2. The molecule has 0 atom stereocenters. The molecule has 0 radical (unpaired) electrons. The van der Waals surface area contributed by atoms with Crippen LogP contribution in [-0.2, 0) is 6.42 Å². The Kier molecular flexibility index (Phi) is 5.32. The van der Waals surface area contributed by atoms with Gasteiger partial charge in [0.25, 0.3) is 5.91 Å². The highest BCUT2D eigenvalue weighted by Gasteiger charge is 2.21. The molecule has 1 heterocycles. The predicted octanol–water partition coefficient (Wildman–Crippen LogP) is 5.21. The van der Waals surface area contributed by atoms with E-state index < -0.39 is 29.2 Å². The molecule has 3 rings (SSSR count). The number of rotatable bonds is 5. The normalized spacial score (nSPS) is 10.6. The van der Waals surface area contributed by atoms with Gasteiger partial charge in [-0.1, -0.05) is 31.2 Å². The zero-order valence-corrected chi connectivity index (χ0v) is 15.1. The summed E-state index contributed by atoms with van der Waals surface area (Å²) in [5.74, 6) is -4.03. The Morgan fingerprint density at radius 3 is 2.41 bits per heavy atom. The number of aromatic carboxylic acids is 1. The summed E-state index contributed by atoms with van der Waals surface area (Å²) in [6.45, 7) is 1.98. The van der Waals surface area contributed by atoms with Crippen molar-refractivity contribution >= 4 is 28.9 Å². The standard InChI is InChI=1S/C20H15F2NO3S/c1-2-11-4-3-5-12(8-11)13-9-15(21)17(16(22)10-13)23-19(24)14-6-7-27-18(14)20(25)26/h3-10H,2H2,1H3,(H,23,24)(H,25,26). The van der Waals surface area contributed by atoms with Crippen LogP contribution in [-0.4, -0.2) is 17.0 Å². The number of benzene rings is 2. The highest BCUT2D eigenvalue weighted by atomic mass is 32.1. The second-order valence-corrected chi connectivity index (χ2v) is 6.71. The molecule has 0 aliphatic heterocycles. The molecule has 0 spiro atoms. The van der Waals surface area contributed by atoms with Gasteiger partial charge in [-0.2, -0.15) is 0 Å². The highest BCUT2D eigenvalue weighted by Crippen LogP contribution is 2.29. The summed E-state index contributed by atoms with van der Waals surface area (Å²) < 4.78 is 28.9. The van der Waals surface area contributed by atoms with Crippen LogP contribution in [0, 0.1) is 11.6 Å². The van der Waals surface area contributed by atoms with E-state index in [0.29, 0.717) is 11.1 Å². The molecule has 0 bridgehead atoms. The molecule has 7 heteroatoms. The van der Waals surface area contributed by atoms with E-state index in [0.717, 1.165) is 35.5 Å². The Labute approximate surface area is 158 Å². The van der Waals surface area contributed by atoms with E-state index in [1.165, 1.54) is 11.4 Å². The maximum atomic E-state index is 14.5. The molecule has 2 aromatic carbocycles. The summed E-state index contributed by atoms with van der Waals surface area (Å²) in [7, 11) is 0. The molecular formula is C20H15F2NO3S. The van der Waals surface area contributed by atoms with Crippen LogP contribution in [0.15, 0.2) is 47.8 Å². The number of carbonyl (C=O) groups excluding carboxylic acids is 1. The van der Waals surface area contributed by atoms with Crippen LogP contribution in [0.1, 0.15) is 32.5 Å². The van der Waals surface area contributed by atoms with Crippen molar-refractivity contribution in [2.45, 2.75) is 13.3 Å². The van der Waals surface area contributed by atoms with E-state index in [1.54, 1.807) is 6.07 Å². The first kappa shape index (κ1) is 18.7. The minimum absolute atomic E-state index is 0.147. The minimum Gasteiger partial charge on any atom is -0.477 e. The molecule has 0 saturated heterocycles. The maximum Gasteiger partial charge on any atom is 0.346 e. The summed E-state index contributed by atoms with van der Waals surface area (Å²) in [5.41, 5.74) is 1.28. The minimum atomic E-state index is -1.28. The molecule has 4 nitrogen and oxygen atoms in total. The van der Waals surface area contributed by atoms with E-state index in [2.05, 4.69) is 5.32 Å². The number of anilines is 1. The molecule has 2 N–H and O–H groups in total. The Hall–Kier alpha value is -3.06. The summed E-state index contributed by atoms with van der Waals surface area (Å²) in [5, 5.41) is 12.6. The Morgan fingerprint density at radius 1 is 1.07 bits per heavy atom. The van der Waals surface area contributed by atoms with Crippen LogP contribution in [0.2, 0.25) is 0 Å². The predicted molar refractivity (Wildman–Crippen MR) is 100 cm³/mol. The number of hydrogen-bond donors (Lipinski definition) is 2. The van der Waals surface area contributed by atoms with Crippen molar-refractivity contribution < 1.29 is 23.5 Å². The SMILES string of the molecule is CCc1cccc(-c2cc(F)c(NC(=O)c3ccsc3C(=O)O)c(F)c2)c1. The van der Waals surface area contributed by atoms with Gasteiger partial charge in [0.05, 0.1) is 5.56 Å². The number of carboxylic acids is 1. The van der Waals surface area contributed by atoms with E-state index in [9.17, 15) is 18.4 Å². The number of amides is 1. The number of carbonyl (C=O) groups is 2. The molecule has 1 amide bonds. The summed E-state index contributed by atoms with van der Waals surface area (Å²) in [6, 6.07) is 10.9. The average molecular weight is 387 g/mol. The smallest absolute Gasteiger partial charge is 0.346 e. The van der Waals surface area contributed by atoms with Gasteiger partial charge in [-0.25, -0.2) is 13.6 Å². The lowest BCUT2D eigenvalue weighted by Crippen LogP contribution is -2.16. The third-order valence-corrected chi connectivity index (χ3v) is 4.96. The van der Waals surface area contributed by atoms with Gasteiger partial charge < -0.3 is 10.4 Å². The lowest BCUT2D eigenvalue weighted by molar-refractivity contribution is 0.0698. The molecule has 0 fully saturated rings. The molecule has 0 unspecified atom stereocenters. The molecule has 0 saturated carbocycles. The molecule has 0 aliphatic rings. The molecule has 1 aromatic heterocycles. The third-order valence-electron chi connectivity index (χ3n) is 4.05.